The number of hydrogen-bond acceptors (Lipinski definition) is 10. The van der Waals surface area contributed by atoms with Gasteiger partial charge in [-0.2, -0.15) is 0 Å². The van der Waals surface area contributed by atoms with Crippen LogP contribution in [0.2, 0.25) is 0 Å². The largest absolute Gasteiger partial charge is 0.506 e. The molecule has 0 saturated carbocycles. The number of amides is 2. The van der Waals surface area contributed by atoms with E-state index in [1.807, 2.05) is 54.6 Å². The first-order valence-corrected chi connectivity index (χ1v) is 25.0. The number of likely N-dealkylation sites (tertiary alicyclic amines) is 1. The second-order valence-corrected chi connectivity index (χ2v) is 19.1. The van der Waals surface area contributed by atoms with Crippen LogP contribution in [0.5, 0.6) is 11.5 Å². The molecule has 73 heavy (non-hydrogen) atoms. The Morgan fingerprint density at radius 2 is 1.36 bits per heavy atom. The molecule has 7 aromatic rings. The molecule has 2 aliphatic rings. The number of phenols is 1. The molecule has 6 aromatic carbocycles. The predicted molar refractivity (Wildman–Crippen MR) is 278 cm³/mol. The number of carbonyl (C=O) groups excluding carboxylic acids is 2. The standard InChI is InChI=1S/C59H61N5O9/c65-52-23-21-49(50-22-24-54(67)61-55(50)52)53(66)37-60-28-25-40-13-17-44(18-14-40)56(68)63-31-33-64(34-32-63)57(69)45-19-15-43(16-20-45)39-73-48-11-6-10-47(36-48)59(72,58(70)71)51-12-5-4-9-46(51)35-41-26-29-62(30-27-41)38-42-7-2-1-3-8-42/h1-24,36,41,53,60,65-66,72H,25-35,37-39H2,(H,61,67)(H,70,71)/t53-,59-/m0/s1. The van der Waals surface area contributed by atoms with Crippen LogP contribution in [-0.2, 0) is 36.4 Å². The number of carbonyl (C=O) groups is 3. The minimum atomic E-state index is -2.30. The van der Waals surface area contributed by atoms with Crippen LogP contribution in [0.3, 0.4) is 0 Å². The summed E-state index contributed by atoms with van der Waals surface area (Å²) < 4.78 is 6.14. The summed E-state index contributed by atoms with van der Waals surface area (Å²) in [7, 11) is 0. The van der Waals surface area contributed by atoms with Crippen molar-refractivity contribution in [1.29, 1.82) is 0 Å². The number of ether oxygens (including phenoxy) is 1. The molecule has 2 aliphatic heterocycles. The molecular formula is C59H61N5O9. The maximum Gasteiger partial charge on any atom is 0.345 e. The van der Waals surface area contributed by atoms with Crippen molar-refractivity contribution in [2.45, 2.75) is 50.5 Å². The van der Waals surface area contributed by atoms with Gasteiger partial charge in [0, 0.05) is 73.0 Å². The third-order valence-corrected chi connectivity index (χ3v) is 14.3. The van der Waals surface area contributed by atoms with Gasteiger partial charge in [-0.05, 0) is 128 Å². The number of piperazine rings is 1. The average molecular weight is 984 g/mol. The Labute approximate surface area is 424 Å². The van der Waals surface area contributed by atoms with E-state index in [-0.39, 0.29) is 47.4 Å². The van der Waals surface area contributed by atoms with Crippen molar-refractivity contribution < 1.29 is 39.5 Å². The number of phenolic OH excluding ortho intramolecular Hbond substituents is 1. The van der Waals surface area contributed by atoms with Crippen LogP contribution in [0, 0.1) is 5.92 Å². The molecule has 14 heteroatoms. The zero-order valence-electron chi connectivity index (χ0n) is 40.7. The number of aromatic hydroxyl groups is 1. The molecule has 9 rings (SSSR count). The fraction of sp³-hybridized carbons (Fsp3) is 0.288. The monoisotopic (exact) mass is 983 g/mol. The van der Waals surface area contributed by atoms with Crippen LogP contribution in [0.25, 0.3) is 10.9 Å². The maximum absolute atomic E-state index is 13.6. The van der Waals surface area contributed by atoms with Crippen LogP contribution < -0.4 is 15.6 Å². The number of pyridine rings is 1. The number of H-pyrrole nitrogens is 1. The number of aromatic amines is 1. The number of aromatic nitrogens is 1. The highest BCUT2D eigenvalue weighted by atomic mass is 16.5. The van der Waals surface area contributed by atoms with Crippen LogP contribution in [0.15, 0.2) is 156 Å². The topological polar surface area (TPSA) is 196 Å². The highest BCUT2D eigenvalue weighted by Crippen LogP contribution is 2.37. The van der Waals surface area contributed by atoms with Crippen molar-refractivity contribution in [3.05, 3.63) is 212 Å². The van der Waals surface area contributed by atoms with Crippen LogP contribution >= 0.6 is 0 Å². The average Bonchev–Trinajstić information content (AvgIpc) is 3.42. The smallest absolute Gasteiger partial charge is 0.345 e. The number of piperidine rings is 1. The van der Waals surface area contributed by atoms with Gasteiger partial charge in [-0.25, -0.2) is 4.79 Å². The summed E-state index contributed by atoms with van der Waals surface area (Å²) in [5, 5.41) is 47.6. The molecule has 14 nitrogen and oxygen atoms in total. The fourth-order valence-corrected chi connectivity index (χ4v) is 10.1. The number of aliphatic carboxylic acids is 1. The Kier molecular flexibility index (Phi) is 15.8. The third kappa shape index (κ3) is 11.9. The lowest BCUT2D eigenvalue weighted by Gasteiger charge is -2.35. The van der Waals surface area contributed by atoms with Gasteiger partial charge < -0.3 is 45.3 Å². The van der Waals surface area contributed by atoms with Gasteiger partial charge in [-0.1, -0.05) is 97.1 Å². The highest BCUT2D eigenvalue weighted by Gasteiger charge is 2.42. The molecule has 2 amide bonds. The van der Waals surface area contributed by atoms with E-state index < -0.39 is 17.7 Å². The molecule has 0 radical (unpaired) electrons. The van der Waals surface area contributed by atoms with Gasteiger partial charge in [-0.3, -0.25) is 19.3 Å². The van der Waals surface area contributed by atoms with Crippen molar-refractivity contribution >= 4 is 28.7 Å². The Hall–Kier alpha value is -7.62. The van der Waals surface area contributed by atoms with E-state index >= 15 is 0 Å². The number of aliphatic hydroxyl groups excluding tert-OH is 1. The number of hydrogen-bond donors (Lipinski definition) is 6. The second kappa shape index (κ2) is 22.9. The van der Waals surface area contributed by atoms with Gasteiger partial charge in [0.15, 0.2) is 0 Å². The Morgan fingerprint density at radius 1 is 0.712 bits per heavy atom. The Morgan fingerprint density at radius 3 is 2.03 bits per heavy atom. The summed E-state index contributed by atoms with van der Waals surface area (Å²) in [6.45, 7) is 5.38. The van der Waals surface area contributed by atoms with Gasteiger partial charge >= 0.3 is 5.97 Å². The number of carboxylic acids is 1. The Balaban J connectivity index is 0.728. The van der Waals surface area contributed by atoms with Gasteiger partial charge in [0.1, 0.15) is 18.1 Å². The maximum atomic E-state index is 13.6. The van der Waals surface area contributed by atoms with E-state index in [0.29, 0.717) is 84.9 Å². The molecule has 2 atom stereocenters. The lowest BCUT2D eigenvalue weighted by atomic mass is 9.80. The Bertz CT molecular complexity index is 3090. The first-order chi connectivity index (χ1) is 35.4. The molecule has 2 fully saturated rings. The van der Waals surface area contributed by atoms with E-state index in [9.17, 15) is 39.6 Å². The van der Waals surface area contributed by atoms with Gasteiger partial charge in [0.05, 0.1) is 11.6 Å². The molecule has 0 bridgehead atoms. The van der Waals surface area contributed by atoms with Gasteiger partial charge in [0.25, 0.3) is 11.8 Å². The number of carboxylic acid groups (broad SMARTS) is 1. The summed E-state index contributed by atoms with van der Waals surface area (Å²) in [6.07, 6.45) is 2.44. The second-order valence-electron chi connectivity index (χ2n) is 19.1. The minimum Gasteiger partial charge on any atom is -0.506 e. The van der Waals surface area contributed by atoms with Crippen molar-refractivity contribution in [2.75, 3.05) is 52.4 Å². The number of nitrogens with one attached hydrogen (secondary N) is 2. The van der Waals surface area contributed by atoms with Crippen molar-refractivity contribution in [3.8, 4) is 11.5 Å². The zero-order chi connectivity index (χ0) is 50.9. The summed E-state index contributed by atoms with van der Waals surface area (Å²) >= 11 is 0. The number of rotatable bonds is 18. The summed E-state index contributed by atoms with van der Waals surface area (Å²) in [4.78, 5) is 60.4. The quantitative estimate of drug-likeness (QED) is 0.0483. The first-order valence-electron chi connectivity index (χ1n) is 25.0. The summed E-state index contributed by atoms with van der Waals surface area (Å²) in [5.74, 6) is -0.907. The molecule has 376 valence electrons. The molecule has 0 aliphatic carbocycles. The van der Waals surface area contributed by atoms with Crippen molar-refractivity contribution in [1.82, 2.24) is 25.0 Å². The highest BCUT2D eigenvalue weighted by molar-refractivity contribution is 5.96. The number of nitrogens with zero attached hydrogens (tertiary/aromatic N) is 3. The van der Waals surface area contributed by atoms with E-state index in [1.165, 1.54) is 17.7 Å². The molecule has 6 N–H and O–H groups in total. The SMILES string of the molecule is O=C(c1ccc(CCNC[C@H](O)c2ccc(O)c3[nH]c(=O)ccc23)cc1)N1CCN(C(=O)c2ccc(COc3cccc([C@@](O)(C(=O)O)c4ccccc4CC4CCN(Cc5ccccc5)CC4)c3)cc2)CC1. The van der Waals surface area contributed by atoms with E-state index in [4.69, 9.17) is 4.74 Å². The lowest BCUT2D eigenvalue weighted by Crippen LogP contribution is -2.50. The summed E-state index contributed by atoms with van der Waals surface area (Å²) in [5.41, 5.74) is 3.79. The zero-order valence-corrected chi connectivity index (χ0v) is 40.7. The fourth-order valence-electron chi connectivity index (χ4n) is 10.1. The van der Waals surface area contributed by atoms with Crippen LogP contribution in [-0.4, -0.2) is 110 Å². The summed E-state index contributed by atoms with van der Waals surface area (Å²) in [6, 6.07) is 45.0. The molecule has 3 heterocycles. The normalized spacial score (nSPS) is 15.7. The number of aliphatic hydroxyl groups is 2. The number of benzene rings is 6. The minimum absolute atomic E-state index is 0.0622. The van der Waals surface area contributed by atoms with E-state index in [2.05, 4.69) is 39.5 Å². The molecule has 1 aromatic heterocycles. The van der Waals surface area contributed by atoms with E-state index in [0.717, 1.165) is 49.2 Å². The molecule has 0 unspecified atom stereocenters. The van der Waals surface area contributed by atoms with Gasteiger partial charge in [0.2, 0.25) is 11.2 Å². The lowest BCUT2D eigenvalue weighted by molar-refractivity contribution is -0.155. The van der Waals surface area contributed by atoms with E-state index in [1.54, 1.807) is 70.5 Å². The first kappa shape index (κ1) is 50.3. The van der Waals surface area contributed by atoms with Crippen molar-refractivity contribution in [2.24, 2.45) is 5.92 Å². The molecular weight excluding hydrogens is 923 g/mol. The molecule has 0 spiro atoms. The molecule has 2 saturated heterocycles. The van der Waals surface area contributed by atoms with Gasteiger partial charge in [-0.15, -0.1) is 0 Å². The van der Waals surface area contributed by atoms with Crippen molar-refractivity contribution in [3.63, 3.8) is 0 Å². The predicted octanol–water partition coefficient (Wildman–Crippen LogP) is 7.05. The third-order valence-electron chi connectivity index (χ3n) is 14.3. The number of fused-ring (bicyclic) bond motifs is 1. The van der Waals surface area contributed by atoms with Crippen LogP contribution in [0.4, 0.5) is 0 Å². The van der Waals surface area contributed by atoms with Crippen LogP contribution in [0.1, 0.15) is 78.6 Å².